The Kier molecular flexibility index (Phi) is 5.39. The molecule has 0 radical (unpaired) electrons. The third kappa shape index (κ3) is 3.78. The maximum absolute atomic E-state index is 5.19. The minimum atomic E-state index is 0.723. The predicted octanol–water partition coefficient (Wildman–Crippen LogP) is 2.08. The molecule has 3 rings (SSSR count). The number of imidazole rings is 1. The van der Waals surface area contributed by atoms with E-state index in [1.165, 1.54) is 25.7 Å². The van der Waals surface area contributed by atoms with Crippen LogP contribution in [0, 0.1) is 11.8 Å². The summed E-state index contributed by atoms with van der Waals surface area (Å²) in [6.07, 6.45) is 9.49. The molecule has 2 saturated carbocycles. The van der Waals surface area contributed by atoms with Crippen molar-refractivity contribution in [1.82, 2.24) is 19.4 Å². The van der Waals surface area contributed by atoms with Crippen LogP contribution in [0.3, 0.4) is 0 Å². The zero-order valence-electron chi connectivity index (χ0n) is 15.1. The first-order valence-electron chi connectivity index (χ1n) is 8.94. The van der Waals surface area contributed by atoms with Crippen LogP contribution >= 0.6 is 0 Å². The first-order valence-corrected chi connectivity index (χ1v) is 8.94. The van der Waals surface area contributed by atoms with E-state index in [0.29, 0.717) is 0 Å². The summed E-state index contributed by atoms with van der Waals surface area (Å²) in [7, 11) is 8.48. The number of methoxy groups -OCH3 is 1. The van der Waals surface area contributed by atoms with E-state index in [-0.39, 0.29) is 0 Å². The summed E-state index contributed by atoms with van der Waals surface area (Å²) in [5.74, 6) is 3.03. The lowest BCUT2D eigenvalue weighted by atomic mass is 10.0. The molecular formula is C18H32N4O. The van der Waals surface area contributed by atoms with Gasteiger partial charge in [-0.3, -0.25) is 4.90 Å². The monoisotopic (exact) mass is 320 g/mol. The molecule has 5 nitrogen and oxygen atoms in total. The topological polar surface area (TPSA) is 33.5 Å². The van der Waals surface area contributed by atoms with Gasteiger partial charge in [0.05, 0.1) is 13.2 Å². The second kappa shape index (κ2) is 7.32. The zero-order chi connectivity index (χ0) is 16.4. The number of fused-ring (bicyclic) bond motifs is 1. The van der Waals surface area contributed by atoms with Gasteiger partial charge in [-0.1, -0.05) is 0 Å². The van der Waals surface area contributed by atoms with Crippen molar-refractivity contribution >= 4 is 0 Å². The summed E-state index contributed by atoms with van der Waals surface area (Å²) in [5.41, 5.74) is 0. The Balaban J connectivity index is 1.53. The first-order chi connectivity index (χ1) is 11.1. The van der Waals surface area contributed by atoms with Crippen molar-refractivity contribution in [3.8, 4) is 0 Å². The molecule has 2 aliphatic rings. The first kappa shape index (κ1) is 16.9. The molecule has 1 aromatic heterocycles. The van der Waals surface area contributed by atoms with Crippen molar-refractivity contribution in [2.24, 2.45) is 11.8 Å². The summed E-state index contributed by atoms with van der Waals surface area (Å²) in [4.78, 5) is 9.49. The van der Waals surface area contributed by atoms with Gasteiger partial charge in [0.15, 0.2) is 0 Å². The Morgan fingerprint density at radius 2 is 1.78 bits per heavy atom. The van der Waals surface area contributed by atoms with E-state index in [9.17, 15) is 0 Å². The van der Waals surface area contributed by atoms with Gasteiger partial charge in [0.25, 0.3) is 0 Å². The highest BCUT2D eigenvalue weighted by Crippen LogP contribution is 2.46. The molecule has 23 heavy (non-hydrogen) atoms. The zero-order valence-corrected chi connectivity index (χ0v) is 15.1. The fourth-order valence-corrected chi connectivity index (χ4v) is 4.57. The fourth-order valence-electron chi connectivity index (χ4n) is 4.57. The predicted molar refractivity (Wildman–Crippen MR) is 92.3 cm³/mol. The summed E-state index contributed by atoms with van der Waals surface area (Å²) in [6, 6.07) is 1.53. The summed E-state index contributed by atoms with van der Waals surface area (Å²) in [6.45, 7) is 2.57. The minimum absolute atomic E-state index is 0.723. The Bertz CT molecular complexity index is 487. The molecule has 2 unspecified atom stereocenters. The van der Waals surface area contributed by atoms with Crippen LogP contribution in [-0.2, 0) is 17.8 Å². The molecule has 0 amide bonds. The molecule has 1 aromatic rings. The quantitative estimate of drug-likeness (QED) is 0.770. The Morgan fingerprint density at radius 3 is 2.39 bits per heavy atom. The van der Waals surface area contributed by atoms with E-state index in [2.05, 4.69) is 46.7 Å². The van der Waals surface area contributed by atoms with Crippen LogP contribution in [0.1, 0.15) is 31.5 Å². The van der Waals surface area contributed by atoms with E-state index in [0.717, 1.165) is 49.4 Å². The smallest absolute Gasteiger partial charge is 0.122 e. The van der Waals surface area contributed by atoms with E-state index >= 15 is 0 Å². The molecule has 0 aliphatic heterocycles. The van der Waals surface area contributed by atoms with Crippen LogP contribution < -0.4 is 0 Å². The van der Waals surface area contributed by atoms with E-state index in [1.54, 1.807) is 7.11 Å². The maximum atomic E-state index is 5.19. The van der Waals surface area contributed by atoms with Gasteiger partial charge in [0.1, 0.15) is 5.82 Å². The molecule has 0 bridgehead atoms. The fraction of sp³-hybridized carbons (Fsp3) is 0.833. The average Bonchev–Trinajstić information content (AvgIpc) is 3.18. The van der Waals surface area contributed by atoms with Crippen molar-refractivity contribution < 1.29 is 4.74 Å². The molecule has 0 N–H and O–H groups in total. The molecule has 4 atom stereocenters. The highest BCUT2D eigenvalue weighted by atomic mass is 16.5. The maximum Gasteiger partial charge on any atom is 0.122 e. The van der Waals surface area contributed by atoms with Crippen molar-refractivity contribution in [2.45, 2.75) is 50.9 Å². The lowest BCUT2D eigenvalue weighted by Crippen LogP contribution is -2.32. The van der Waals surface area contributed by atoms with E-state index in [4.69, 9.17) is 4.74 Å². The van der Waals surface area contributed by atoms with Gasteiger partial charge in [0, 0.05) is 38.1 Å². The van der Waals surface area contributed by atoms with Gasteiger partial charge in [-0.15, -0.1) is 0 Å². The number of hydrogen-bond acceptors (Lipinski definition) is 4. The van der Waals surface area contributed by atoms with Gasteiger partial charge < -0.3 is 14.2 Å². The Hall–Kier alpha value is -0.910. The SMILES string of the molecule is COCCn1ccnc1CN(C)C1C[C@H]2CC(N(C)C)C[C@H]2C1. The Morgan fingerprint density at radius 1 is 1.13 bits per heavy atom. The van der Waals surface area contributed by atoms with Crippen LogP contribution in [0.15, 0.2) is 12.4 Å². The van der Waals surface area contributed by atoms with Crippen molar-refractivity contribution in [3.05, 3.63) is 18.2 Å². The van der Waals surface area contributed by atoms with Crippen molar-refractivity contribution in [2.75, 3.05) is 34.9 Å². The van der Waals surface area contributed by atoms with Gasteiger partial charge >= 0.3 is 0 Å². The molecule has 2 aliphatic carbocycles. The average molecular weight is 320 g/mol. The minimum Gasteiger partial charge on any atom is -0.383 e. The third-order valence-corrected chi connectivity index (χ3v) is 6.05. The third-order valence-electron chi connectivity index (χ3n) is 6.05. The number of ether oxygens (including phenoxy) is 1. The standard InChI is InChI=1S/C18H32N4O/c1-20(2)16-9-14-11-17(12-15(14)10-16)21(3)13-18-19-5-6-22(18)7-8-23-4/h5-6,14-17H,7-13H2,1-4H3/t14-,15+,16?,17?. The molecule has 5 heteroatoms. The van der Waals surface area contributed by atoms with Gasteiger partial charge in [-0.05, 0) is 58.7 Å². The lowest BCUT2D eigenvalue weighted by Gasteiger charge is -2.26. The van der Waals surface area contributed by atoms with E-state index < -0.39 is 0 Å². The van der Waals surface area contributed by atoms with Crippen LogP contribution in [0.4, 0.5) is 0 Å². The number of rotatable bonds is 7. The molecule has 2 fully saturated rings. The number of hydrogen-bond donors (Lipinski definition) is 0. The van der Waals surface area contributed by atoms with Crippen LogP contribution in [0.2, 0.25) is 0 Å². The van der Waals surface area contributed by atoms with Gasteiger partial charge in [-0.25, -0.2) is 4.98 Å². The van der Waals surface area contributed by atoms with Crippen molar-refractivity contribution in [1.29, 1.82) is 0 Å². The van der Waals surface area contributed by atoms with Crippen LogP contribution in [0.25, 0.3) is 0 Å². The highest BCUT2D eigenvalue weighted by Gasteiger charge is 2.43. The molecule has 0 aromatic carbocycles. The lowest BCUT2D eigenvalue weighted by molar-refractivity contribution is 0.180. The number of nitrogens with zero attached hydrogens (tertiary/aromatic N) is 4. The Labute approximate surface area is 140 Å². The number of aromatic nitrogens is 2. The normalized spacial score (nSPS) is 30.5. The molecule has 1 heterocycles. The molecule has 0 saturated heterocycles. The van der Waals surface area contributed by atoms with Crippen LogP contribution in [0.5, 0.6) is 0 Å². The van der Waals surface area contributed by atoms with E-state index in [1.807, 2.05) is 6.20 Å². The second-order valence-electron chi connectivity index (χ2n) is 7.68. The molecule has 130 valence electrons. The molecule has 0 spiro atoms. The largest absolute Gasteiger partial charge is 0.383 e. The second-order valence-corrected chi connectivity index (χ2v) is 7.68. The summed E-state index contributed by atoms with van der Waals surface area (Å²) >= 11 is 0. The summed E-state index contributed by atoms with van der Waals surface area (Å²) < 4.78 is 7.41. The van der Waals surface area contributed by atoms with Gasteiger partial charge in [0.2, 0.25) is 0 Å². The van der Waals surface area contributed by atoms with Gasteiger partial charge in [-0.2, -0.15) is 0 Å². The highest BCUT2D eigenvalue weighted by molar-refractivity contribution is 4.99. The summed E-state index contributed by atoms with van der Waals surface area (Å²) in [5, 5.41) is 0. The van der Waals surface area contributed by atoms with Crippen molar-refractivity contribution in [3.63, 3.8) is 0 Å². The molecular weight excluding hydrogens is 288 g/mol. The van der Waals surface area contributed by atoms with Crippen LogP contribution in [-0.4, -0.2) is 66.3 Å².